The van der Waals surface area contributed by atoms with E-state index >= 15 is 0 Å². The molecular weight excluding hydrogens is 320 g/mol. The van der Waals surface area contributed by atoms with E-state index in [0.717, 1.165) is 6.42 Å². The second kappa shape index (κ2) is 6.21. The number of aromatic nitrogens is 1. The Kier molecular flexibility index (Phi) is 4.12. The molecule has 0 spiro atoms. The maximum absolute atomic E-state index is 11.8. The van der Waals surface area contributed by atoms with Crippen molar-refractivity contribution < 1.29 is 9.72 Å². The van der Waals surface area contributed by atoms with E-state index in [-0.39, 0.29) is 17.4 Å². The van der Waals surface area contributed by atoms with Crippen molar-refractivity contribution in [1.82, 2.24) is 4.98 Å². The van der Waals surface area contributed by atoms with Gasteiger partial charge in [0.15, 0.2) is 0 Å². The molecule has 1 saturated heterocycles. The van der Waals surface area contributed by atoms with Crippen LogP contribution in [0, 0.1) is 10.1 Å². The first-order valence-corrected chi connectivity index (χ1v) is 7.40. The molecule has 0 saturated carbocycles. The molecule has 0 aliphatic carbocycles. The summed E-state index contributed by atoms with van der Waals surface area (Å²) in [5.41, 5.74) is 1.09. The molecule has 118 valence electrons. The van der Waals surface area contributed by atoms with Crippen molar-refractivity contribution in [1.29, 1.82) is 0 Å². The largest absolute Gasteiger partial charge is 0.334 e. The zero-order valence-electron chi connectivity index (χ0n) is 12.0. The van der Waals surface area contributed by atoms with E-state index in [1.807, 2.05) is 0 Å². The lowest BCUT2D eigenvalue weighted by Crippen LogP contribution is -2.23. The van der Waals surface area contributed by atoms with Gasteiger partial charge >= 0.3 is 5.69 Å². The fourth-order valence-electron chi connectivity index (χ4n) is 2.48. The van der Waals surface area contributed by atoms with Gasteiger partial charge in [0.1, 0.15) is 0 Å². The molecule has 0 atom stereocenters. The average molecular weight is 333 g/mol. The number of rotatable bonds is 4. The van der Waals surface area contributed by atoms with Crippen molar-refractivity contribution in [3.63, 3.8) is 0 Å². The zero-order valence-corrected chi connectivity index (χ0v) is 12.8. The topological polar surface area (TPSA) is 88.4 Å². The molecule has 1 aliphatic heterocycles. The highest BCUT2D eigenvalue weighted by Gasteiger charge is 2.23. The third kappa shape index (κ3) is 3.09. The van der Waals surface area contributed by atoms with Crippen LogP contribution in [-0.2, 0) is 4.79 Å². The number of nitrogens with one attached hydrogen (secondary N) is 1. The van der Waals surface area contributed by atoms with Crippen LogP contribution >= 0.6 is 11.6 Å². The summed E-state index contributed by atoms with van der Waals surface area (Å²) in [6.45, 7) is 0.650. The van der Waals surface area contributed by atoms with Gasteiger partial charge in [0.2, 0.25) is 11.7 Å². The van der Waals surface area contributed by atoms with Crippen LogP contribution in [0.5, 0.6) is 0 Å². The molecule has 0 bridgehead atoms. The smallest absolute Gasteiger partial charge is 0.311 e. The molecule has 1 amide bonds. The van der Waals surface area contributed by atoms with Crippen LogP contribution < -0.4 is 10.2 Å². The number of hydrogen-bond donors (Lipinski definition) is 1. The summed E-state index contributed by atoms with van der Waals surface area (Å²) in [5, 5.41) is 14.3. The lowest BCUT2D eigenvalue weighted by Gasteiger charge is -2.18. The molecule has 0 radical (unpaired) electrons. The fraction of sp³-hybridized carbons (Fsp3) is 0.200. The number of carbonyl (C=O) groups is 1. The van der Waals surface area contributed by atoms with Gasteiger partial charge in [-0.2, -0.15) is 0 Å². The van der Waals surface area contributed by atoms with E-state index in [9.17, 15) is 14.9 Å². The van der Waals surface area contributed by atoms with E-state index in [0.29, 0.717) is 29.4 Å². The van der Waals surface area contributed by atoms with Gasteiger partial charge in [-0.25, -0.2) is 4.98 Å². The SMILES string of the molecule is O=C1CCCN1c1ccc(Nc2ncccc2[N+](=O)[O-])cc1Cl. The Balaban J connectivity index is 1.87. The van der Waals surface area contributed by atoms with Crippen molar-refractivity contribution in [2.24, 2.45) is 0 Å². The third-order valence-corrected chi connectivity index (χ3v) is 3.86. The van der Waals surface area contributed by atoms with Crippen LogP contribution in [0.15, 0.2) is 36.5 Å². The molecule has 2 aromatic rings. The molecule has 1 aliphatic rings. The Bertz CT molecular complexity index is 781. The van der Waals surface area contributed by atoms with E-state index in [2.05, 4.69) is 10.3 Å². The van der Waals surface area contributed by atoms with Crippen LogP contribution in [0.2, 0.25) is 5.02 Å². The molecule has 8 heteroatoms. The summed E-state index contributed by atoms with van der Waals surface area (Å²) < 4.78 is 0. The maximum Gasteiger partial charge on any atom is 0.311 e. The van der Waals surface area contributed by atoms with E-state index in [1.165, 1.54) is 18.3 Å². The quantitative estimate of drug-likeness (QED) is 0.683. The highest BCUT2D eigenvalue weighted by atomic mass is 35.5. The minimum absolute atomic E-state index is 0.0490. The summed E-state index contributed by atoms with van der Waals surface area (Å²) in [7, 11) is 0. The van der Waals surface area contributed by atoms with Gasteiger partial charge in [-0.3, -0.25) is 14.9 Å². The van der Waals surface area contributed by atoms with Crippen LogP contribution in [-0.4, -0.2) is 22.4 Å². The molecule has 1 aromatic carbocycles. The van der Waals surface area contributed by atoms with Crippen LogP contribution in [0.25, 0.3) is 0 Å². The van der Waals surface area contributed by atoms with Gasteiger partial charge in [0.25, 0.3) is 0 Å². The first-order valence-electron chi connectivity index (χ1n) is 7.02. The summed E-state index contributed by atoms with van der Waals surface area (Å²) in [6, 6.07) is 7.93. The molecule has 1 N–H and O–H groups in total. The number of pyridine rings is 1. The normalized spacial score (nSPS) is 14.1. The van der Waals surface area contributed by atoms with Gasteiger partial charge in [-0.05, 0) is 30.7 Å². The lowest BCUT2D eigenvalue weighted by molar-refractivity contribution is -0.384. The monoisotopic (exact) mass is 332 g/mol. The van der Waals surface area contributed by atoms with Crippen LogP contribution in [0.3, 0.4) is 0 Å². The van der Waals surface area contributed by atoms with Gasteiger partial charge < -0.3 is 10.2 Å². The number of hydrogen-bond acceptors (Lipinski definition) is 5. The Hall–Kier alpha value is -2.67. The predicted octanol–water partition coefficient (Wildman–Crippen LogP) is 3.51. The predicted molar refractivity (Wildman–Crippen MR) is 87.2 cm³/mol. The Labute approximate surface area is 137 Å². The summed E-state index contributed by atoms with van der Waals surface area (Å²) in [4.78, 5) is 27.9. The third-order valence-electron chi connectivity index (χ3n) is 3.56. The lowest BCUT2D eigenvalue weighted by atomic mass is 10.2. The Morgan fingerprint density at radius 3 is 2.83 bits per heavy atom. The molecule has 1 aromatic heterocycles. The minimum atomic E-state index is -0.506. The van der Waals surface area contributed by atoms with E-state index < -0.39 is 4.92 Å². The molecule has 7 nitrogen and oxygen atoms in total. The van der Waals surface area contributed by atoms with E-state index in [1.54, 1.807) is 23.1 Å². The number of nitro groups is 1. The maximum atomic E-state index is 11.8. The molecule has 0 unspecified atom stereocenters. The van der Waals surface area contributed by atoms with Crippen molar-refractivity contribution >= 4 is 40.4 Å². The van der Waals surface area contributed by atoms with Gasteiger partial charge in [0.05, 0.1) is 15.6 Å². The zero-order chi connectivity index (χ0) is 16.4. The first-order chi connectivity index (χ1) is 11.1. The van der Waals surface area contributed by atoms with Gasteiger partial charge in [-0.1, -0.05) is 11.6 Å². The van der Waals surface area contributed by atoms with E-state index in [4.69, 9.17) is 11.6 Å². The van der Waals surface area contributed by atoms with Crippen molar-refractivity contribution in [2.45, 2.75) is 12.8 Å². The first kappa shape index (κ1) is 15.2. The number of nitrogens with zero attached hydrogens (tertiary/aromatic N) is 3. The van der Waals surface area contributed by atoms with Gasteiger partial charge in [-0.15, -0.1) is 0 Å². The minimum Gasteiger partial charge on any atom is -0.334 e. The van der Waals surface area contributed by atoms with Crippen LogP contribution in [0.4, 0.5) is 22.9 Å². The highest BCUT2D eigenvalue weighted by Crippen LogP contribution is 2.33. The summed E-state index contributed by atoms with van der Waals surface area (Å²) in [6.07, 6.45) is 2.81. The Morgan fingerprint density at radius 2 is 2.17 bits per heavy atom. The van der Waals surface area contributed by atoms with Crippen LogP contribution in [0.1, 0.15) is 12.8 Å². The second-order valence-corrected chi connectivity index (χ2v) is 5.48. The number of amides is 1. The number of carbonyl (C=O) groups excluding carboxylic acids is 1. The Morgan fingerprint density at radius 1 is 1.35 bits per heavy atom. The van der Waals surface area contributed by atoms with Gasteiger partial charge in [0, 0.05) is 30.9 Å². The molecule has 3 rings (SSSR count). The highest BCUT2D eigenvalue weighted by molar-refractivity contribution is 6.34. The number of benzene rings is 1. The van der Waals surface area contributed by atoms with Crippen molar-refractivity contribution in [3.8, 4) is 0 Å². The molecular formula is C15H13ClN4O3. The average Bonchev–Trinajstić information content (AvgIpc) is 2.94. The fourth-order valence-corrected chi connectivity index (χ4v) is 2.77. The molecule has 23 heavy (non-hydrogen) atoms. The summed E-state index contributed by atoms with van der Waals surface area (Å²) >= 11 is 6.26. The standard InChI is InChI=1S/C15H13ClN4O3/c16-11-9-10(5-6-12(11)19-8-2-4-14(19)21)18-15-13(20(22)23)3-1-7-17-15/h1,3,5-7,9H,2,4,8H2,(H,17,18). The molecule has 2 heterocycles. The number of anilines is 3. The number of halogens is 1. The second-order valence-electron chi connectivity index (χ2n) is 5.07. The molecule has 1 fully saturated rings. The summed E-state index contributed by atoms with van der Waals surface area (Å²) in [5.74, 6) is 0.187. The van der Waals surface area contributed by atoms with Crippen molar-refractivity contribution in [2.75, 3.05) is 16.8 Å². The van der Waals surface area contributed by atoms with Crippen molar-refractivity contribution in [3.05, 3.63) is 51.7 Å².